The number of carbonyl (C=O) groups is 1. The number of rotatable bonds is 5. The fourth-order valence-corrected chi connectivity index (χ4v) is 3.52. The number of carbonyl (C=O) groups excluding carboxylic acids is 1. The van der Waals surface area contributed by atoms with E-state index >= 15 is 0 Å². The van der Waals surface area contributed by atoms with Gasteiger partial charge in [-0.05, 0) is 37.5 Å². The van der Waals surface area contributed by atoms with Gasteiger partial charge in [0.15, 0.2) is 23.1 Å². The zero-order valence-electron chi connectivity index (χ0n) is 15.8. The molecule has 2 aromatic heterocycles. The van der Waals surface area contributed by atoms with E-state index in [-0.39, 0.29) is 17.7 Å². The maximum atomic E-state index is 13.9. The molecule has 1 unspecified atom stereocenters. The van der Waals surface area contributed by atoms with Crippen molar-refractivity contribution in [3.63, 3.8) is 0 Å². The first kappa shape index (κ1) is 17.8. The number of halogens is 1. The number of hydrogen-bond donors (Lipinski definition) is 0. The summed E-state index contributed by atoms with van der Waals surface area (Å²) in [6.45, 7) is 1.02. The topological polar surface area (TPSA) is 99.2 Å². The molecule has 1 saturated heterocycles. The van der Waals surface area contributed by atoms with E-state index in [1.807, 2.05) is 0 Å². The van der Waals surface area contributed by atoms with E-state index in [1.54, 1.807) is 21.8 Å². The van der Waals surface area contributed by atoms with Gasteiger partial charge in [0.1, 0.15) is 0 Å². The number of hydrogen-bond acceptors (Lipinski definition) is 7. The van der Waals surface area contributed by atoms with E-state index in [0.29, 0.717) is 36.2 Å². The summed E-state index contributed by atoms with van der Waals surface area (Å²) in [6.07, 6.45) is 4.67. The zero-order valence-corrected chi connectivity index (χ0v) is 15.8. The van der Waals surface area contributed by atoms with Gasteiger partial charge in [0.05, 0.1) is 19.3 Å². The van der Waals surface area contributed by atoms with Crippen LogP contribution in [-0.2, 0) is 0 Å². The quantitative estimate of drug-likeness (QED) is 0.651. The highest BCUT2D eigenvalue weighted by Crippen LogP contribution is 2.38. The molecule has 150 valence electrons. The van der Waals surface area contributed by atoms with Crippen molar-refractivity contribution in [1.82, 2.24) is 30.0 Å². The molecule has 1 amide bonds. The Hall–Kier alpha value is -3.30. The summed E-state index contributed by atoms with van der Waals surface area (Å²) in [4.78, 5) is 18.8. The van der Waals surface area contributed by atoms with Crippen molar-refractivity contribution in [3.05, 3.63) is 41.6 Å². The number of methoxy groups -OCH3 is 1. The van der Waals surface area contributed by atoms with Gasteiger partial charge >= 0.3 is 0 Å². The third kappa shape index (κ3) is 3.34. The first-order valence-corrected chi connectivity index (χ1v) is 9.51. The maximum absolute atomic E-state index is 13.9. The molecule has 29 heavy (non-hydrogen) atoms. The van der Waals surface area contributed by atoms with E-state index in [4.69, 9.17) is 9.26 Å². The lowest BCUT2D eigenvalue weighted by atomic mass is 10.2. The first-order chi connectivity index (χ1) is 14.1. The molecule has 2 fully saturated rings. The second-order valence-corrected chi connectivity index (χ2v) is 7.36. The van der Waals surface area contributed by atoms with Crippen LogP contribution in [0, 0.1) is 5.82 Å². The number of ether oxygens (including phenoxy) is 1. The van der Waals surface area contributed by atoms with Gasteiger partial charge in [-0.25, -0.2) is 9.07 Å². The molecule has 5 rings (SSSR count). The molecule has 2 aliphatic rings. The highest BCUT2D eigenvalue weighted by molar-refractivity contribution is 5.94. The Morgan fingerprint density at radius 2 is 2.17 bits per heavy atom. The molecule has 3 aromatic rings. The van der Waals surface area contributed by atoms with Crippen LogP contribution in [0.4, 0.5) is 4.39 Å². The van der Waals surface area contributed by atoms with Crippen LogP contribution < -0.4 is 4.74 Å². The average molecular weight is 398 g/mol. The lowest BCUT2D eigenvalue weighted by molar-refractivity contribution is 0.0786. The predicted molar refractivity (Wildman–Crippen MR) is 97.8 cm³/mol. The molecule has 1 aliphatic heterocycles. The summed E-state index contributed by atoms with van der Waals surface area (Å²) in [7, 11) is 1.39. The van der Waals surface area contributed by atoms with Crippen LogP contribution in [0.2, 0.25) is 0 Å². The summed E-state index contributed by atoms with van der Waals surface area (Å²) >= 11 is 0. The Balaban J connectivity index is 1.27. The van der Waals surface area contributed by atoms with Gasteiger partial charge in [0.2, 0.25) is 0 Å². The first-order valence-electron chi connectivity index (χ1n) is 9.51. The second-order valence-electron chi connectivity index (χ2n) is 7.36. The van der Waals surface area contributed by atoms with Crippen molar-refractivity contribution in [3.8, 4) is 17.3 Å². The molecule has 1 atom stereocenters. The molecule has 0 spiro atoms. The predicted octanol–water partition coefficient (Wildman–Crippen LogP) is 2.44. The Morgan fingerprint density at radius 3 is 2.93 bits per heavy atom. The molecule has 1 aromatic carbocycles. The normalized spacial score (nSPS) is 19.0. The SMILES string of the molecule is COc1ccc(C(=O)N2CCC(n3cc(-c4nc(C5CC5)no4)nn3)C2)cc1F. The minimum absolute atomic E-state index is 0.0193. The van der Waals surface area contributed by atoms with Crippen LogP contribution >= 0.6 is 0 Å². The van der Waals surface area contributed by atoms with E-state index in [2.05, 4.69) is 20.5 Å². The van der Waals surface area contributed by atoms with Crippen LogP contribution in [0.15, 0.2) is 28.9 Å². The van der Waals surface area contributed by atoms with Crippen molar-refractivity contribution in [2.45, 2.75) is 31.2 Å². The Kier molecular flexibility index (Phi) is 4.26. The summed E-state index contributed by atoms with van der Waals surface area (Å²) in [5, 5.41) is 12.3. The number of nitrogens with zero attached hydrogens (tertiary/aromatic N) is 6. The third-order valence-corrected chi connectivity index (χ3v) is 5.34. The number of benzene rings is 1. The Morgan fingerprint density at radius 1 is 1.31 bits per heavy atom. The van der Waals surface area contributed by atoms with Gasteiger partial charge in [-0.1, -0.05) is 10.4 Å². The van der Waals surface area contributed by atoms with E-state index in [9.17, 15) is 9.18 Å². The lowest BCUT2D eigenvalue weighted by Crippen LogP contribution is -2.29. The number of amides is 1. The number of likely N-dealkylation sites (tertiary alicyclic amines) is 1. The van der Waals surface area contributed by atoms with Crippen LogP contribution in [0.5, 0.6) is 5.75 Å². The van der Waals surface area contributed by atoms with Crippen molar-refractivity contribution in [2.75, 3.05) is 20.2 Å². The minimum atomic E-state index is -0.555. The maximum Gasteiger partial charge on any atom is 0.280 e. The van der Waals surface area contributed by atoms with Crippen LogP contribution in [0.1, 0.15) is 47.4 Å². The van der Waals surface area contributed by atoms with Gasteiger partial charge in [-0.2, -0.15) is 4.98 Å². The van der Waals surface area contributed by atoms with Crippen LogP contribution in [0.25, 0.3) is 11.6 Å². The molecule has 10 heteroatoms. The van der Waals surface area contributed by atoms with Gasteiger partial charge in [0.25, 0.3) is 11.8 Å². The summed E-state index contributed by atoms with van der Waals surface area (Å²) in [5.41, 5.74) is 0.813. The minimum Gasteiger partial charge on any atom is -0.494 e. The number of aromatic nitrogens is 5. The van der Waals surface area contributed by atoms with Gasteiger partial charge in [-0.3, -0.25) is 4.79 Å². The molecule has 9 nitrogen and oxygen atoms in total. The molecule has 1 saturated carbocycles. The Labute approximate surface area is 165 Å². The van der Waals surface area contributed by atoms with E-state index in [0.717, 1.165) is 25.1 Å². The third-order valence-electron chi connectivity index (χ3n) is 5.34. The lowest BCUT2D eigenvalue weighted by Gasteiger charge is -2.17. The van der Waals surface area contributed by atoms with Gasteiger partial charge in [0, 0.05) is 24.6 Å². The van der Waals surface area contributed by atoms with Crippen LogP contribution in [-0.4, -0.2) is 56.1 Å². The highest BCUT2D eigenvalue weighted by atomic mass is 19.1. The van der Waals surface area contributed by atoms with Gasteiger partial charge in [-0.15, -0.1) is 5.10 Å². The van der Waals surface area contributed by atoms with Crippen molar-refractivity contribution < 1.29 is 18.4 Å². The van der Waals surface area contributed by atoms with E-state index in [1.165, 1.54) is 19.2 Å². The second kappa shape index (κ2) is 6.94. The summed E-state index contributed by atoms with van der Waals surface area (Å²) in [5.74, 6) is 0.818. The average Bonchev–Trinajstić information content (AvgIpc) is 3.16. The summed E-state index contributed by atoms with van der Waals surface area (Å²) in [6, 6.07) is 4.21. The molecular weight excluding hydrogens is 379 g/mol. The van der Waals surface area contributed by atoms with Crippen molar-refractivity contribution in [2.24, 2.45) is 0 Å². The van der Waals surface area contributed by atoms with Crippen molar-refractivity contribution >= 4 is 5.91 Å². The monoisotopic (exact) mass is 398 g/mol. The highest BCUT2D eigenvalue weighted by Gasteiger charge is 2.31. The molecule has 1 aliphatic carbocycles. The molecule has 3 heterocycles. The largest absolute Gasteiger partial charge is 0.494 e. The van der Waals surface area contributed by atoms with Crippen molar-refractivity contribution in [1.29, 1.82) is 0 Å². The standard InChI is InChI=1S/C19H19FN6O3/c1-28-16-5-4-12(8-14(16)20)19(27)25-7-6-13(9-25)26-10-15(22-24-26)18-21-17(23-29-18)11-2-3-11/h4-5,8,10-11,13H,2-3,6-7,9H2,1H3. The van der Waals surface area contributed by atoms with Gasteiger partial charge < -0.3 is 14.2 Å². The molecule has 0 bridgehead atoms. The molecule has 0 radical (unpaired) electrons. The molecule has 0 N–H and O–H groups in total. The zero-order chi connectivity index (χ0) is 20.0. The molecular formula is C19H19FN6O3. The van der Waals surface area contributed by atoms with Crippen LogP contribution in [0.3, 0.4) is 0 Å². The fraction of sp³-hybridized carbons (Fsp3) is 0.421. The summed E-state index contributed by atoms with van der Waals surface area (Å²) < 4.78 is 25.8. The smallest absolute Gasteiger partial charge is 0.280 e. The fourth-order valence-electron chi connectivity index (χ4n) is 3.52. The Bertz CT molecular complexity index is 1060. The van der Waals surface area contributed by atoms with E-state index < -0.39 is 5.82 Å².